The van der Waals surface area contributed by atoms with Gasteiger partial charge in [0.05, 0.1) is 13.2 Å². The van der Waals surface area contributed by atoms with Crippen LogP contribution >= 0.6 is 0 Å². The predicted octanol–water partition coefficient (Wildman–Crippen LogP) is 4.35. The number of hydrogen-bond acceptors (Lipinski definition) is 4. The van der Waals surface area contributed by atoms with Gasteiger partial charge < -0.3 is 14.5 Å². The first kappa shape index (κ1) is 19.3. The fourth-order valence-corrected chi connectivity index (χ4v) is 3.79. The Hall–Kier alpha value is -2.51. The van der Waals surface area contributed by atoms with E-state index in [9.17, 15) is 0 Å². The number of methoxy groups -OCH3 is 1. The molecule has 4 nitrogen and oxygen atoms in total. The zero-order valence-electron chi connectivity index (χ0n) is 16.4. The highest BCUT2D eigenvalue weighted by molar-refractivity contribution is 5.77. The molecule has 2 aromatic carbocycles. The number of unbranched alkanes of at least 4 members (excludes halogenated alkanes) is 1. The molecule has 27 heavy (non-hydrogen) atoms. The van der Waals surface area contributed by atoms with Crippen molar-refractivity contribution in [3.63, 3.8) is 0 Å². The van der Waals surface area contributed by atoms with Gasteiger partial charge in [0.15, 0.2) is 0 Å². The van der Waals surface area contributed by atoms with Crippen LogP contribution in [0.2, 0.25) is 0 Å². The highest BCUT2D eigenvalue weighted by Gasteiger charge is 2.20. The van der Waals surface area contributed by atoms with Crippen molar-refractivity contribution in [2.24, 2.45) is 0 Å². The lowest BCUT2D eigenvalue weighted by Crippen LogP contribution is -2.46. The number of nitrogens with zero attached hydrogens (tertiary/aromatic N) is 3. The first-order chi connectivity index (χ1) is 13.3. The number of likely N-dealkylation sites (N-methyl/N-ethyl adjacent to an activating group) is 1. The number of rotatable bonds is 7. The topological polar surface area (TPSA) is 39.5 Å². The Morgan fingerprint density at radius 1 is 1.07 bits per heavy atom. The Labute approximate surface area is 163 Å². The summed E-state index contributed by atoms with van der Waals surface area (Å²) in [4.78, 5) is 4.97. The van der Waals surface area contributed by atoms with Gasteiger partial charge in [-0.05, 0) is 42.6 Å². The van der Waals surface area contributed by atoms with Gasteiger partial charge in [0, 0.05) is 43.9 Å². The lowest BCUT2D eigenvalue weighted by atomic mass is 9.97. The van der Waals surface area contributed by atoms with Gasteiger partial charge >= 0.3 is 0 Å². The average molecular weight is 364 g/mol. The van der Waals surface area contributed by atoms with E-state index in [1.807, 2.05) is 6.07 Å². The molecule has 0 aromatic heterocycles. The van der Waals surface area contributed by atoms with Gasteiger partial charge in [0.25, 0.3) is 0 Å². The summed E-state index contributed by atoms with van der Waals surface area (Å²) >= 11 is 0. The molecular weight excluding hydrogens is 334 g/mol. The van der Waals surface area contributed by atoms with Crippen LogP contribution in [0.15, 0.2) is 42.5 Å². The van der Waals surface area contributed by atoms with Crippen molar-refractivity contribution in [3.8, 4) is 22.9 Å². The Balaban J connectivity index is 1.98. The second kappa shape index (κ2) is 9.43. The quantitative estimate of drug-likeness (QED) is 0.686. The highest BCUT2D eigenvalue weighted by atomic mass is 16.5. The summed E-state index contributed by atoms with van der Waals surface area (Å²) in [5.74, 6) is 0.940. The van der Waals surface area contributed by atoms with E-state index in [1.54, 1.807) is 7.11 Å². The van der Waals surface area contributed by atoms with Crippen molar-refractivity contribution in [2.75, 3.05) is 44.7 Å². The number of aryl methyl sites for hydroxylation is 1. The summed E-state index contributed by atoms with van der Waals surface area (Å²) < 4.78 is 5.83. The van der Waals surface area contributed by atoms with E-state index >= 15 is 0 Å². The fraction of sp³-hybridized carbons (Fsp3) is 0.435. The van der Waals surface area contributed by atoms with E-state index in [1.165, 1.54) is 16.8 Å². The van der Waals surface area contributed by atoms with Crippen LogP contribution in [0.1, 0.15) is 25.3 Å². The zero-order chi connectivity index (χ0) is 19.1. The number of hydrogen-bond donors (Lipinski definition) is 0. The molecule has 1 aliphatic heterocycles. The molecular formula is C23H29N3O. The molecule has 0 spiro atoms. The van der Waals surface area contributed by atoms with Gasteiger partial charge in [-0.15, -0.1) is 0 Å². The summed E-state index contributed by atoms with van der Waals surface area (Å²) in [5, 5.41) is 8.92. The number of piperazine rings is 1. The first-order valence-electron chi connectivity index (χ1n) is 9.87. The first-order valence-corrected chi connectivity index (χ1v) is 9.87. The van der Waals surface area contributed by atoms with Crippen molar-refractivity contribution in [1.82, 2.24) is 4.90 Å². The summed E-state index contributed by atoms with van der Waals surface area (Å²) in [5.41, 5.74) is 4.77. The third kappa shape index (κ3) is 4.61. The number of ether oxygens (including phenoxy) is 1. The number of benzene rings is 2. The standard InChI is InChI=1S/C23H29N3O/c1-3-25-13-15-26(16-14-25)21-17-20(11-7-8-12-24)23(27-2)22(18-21)19-9-5-4-6-10-19/h4-6,9-10,17-18H,3,7-8,11,13-16H2,1-2H3. The molecule has 1 saturated heterocycles. The third-order valence-corrected chi connectivity index (χ3v) is 5.36. The van der Waals surface area contributed by atoms with Gasteiger partial charge in [0.2, 0.25) is 0 Å². The van der Waals surface area contributed by atoms with Crippen LogP contribution in [0.3, 0.4) is 0 Å². The second-order valence-electron chi connectivity index (χ2n) is 6.98. The van der Waals surface area contributed by atoms with Crippen LogP contribution < -0.4 is 9.64 Å². The van der Waals surface area contributed by atoms with Crippen molar-refractivity contribution in [2.45, 2.75) is 26.2 Å². The van der Waals surface area contributed by atoms with E-state index in [0.717, 1.165) is 56.9 Å². The molecule has 2 aromatic rings. The summed E-state index contributed by atoms with van der Waals surface area (Å²) in [6.45, 7) is 7.65. The average Bonchev–Trinajstić information content (AvgIpc) is 2.74. The Kier molecular flexibility index (Phi) is 6.73. The third-order valence-electron chi connectivity index (χ3n) is 5.36. The Bertz CT molecular complexity index is 774. The normalized spacial score (nSPS) is 14.8. The Morgan fingerprint density at radius 3 is 2.44 bits per heavy atom. The molecule has 0 N–H and O–H groups in total. The van der Waals surface area contributed by atoms with Crippen LogP contribution in [0.5, 0.6) is 5.75 Å². The molecule has 1 aliphatic rings. The minimum absolute atomic E-state index is 0.573. The van der Waals surface area contributed by atoms with E-state index < -0.39 is 0 Å². The molecule has 0 radical (unpaired) electrons. The smallest absolute Gasteiger partial charge is 0.130 e. The van der Waals surface area contributed by atoms with Gasteiger partial charge in [0.1, 0.15) is 5.75 Å². The molecule has 0 aliphatic carbocycles. The lowest BCUT2D eigenvalue weighted by molar-refractivity contribution is 0.271. The number of anilines is 1. The zero-order valence-corrected chi connectivity index (χ0v) is 16.4. The molecule has 0 atom stereocenters. The molecule has 0 bridgehead atoms. The van der Waals surface area contributed by atoms with E-state index in [0.29, 0.717) is 6.42 Å². The minimum atomic E-state index is 0.573. The largest absolute Gasteiger partial charge is 0.496 e. The molecule has 4 heteroatoms. The molecule has 0 unspecified atom stereocenters. The maximum Gasteiger partial charge on any atom is 0.130 e. The van der Waals surface area contributed by atoms with Crippen molar-refractivity contribution in [1.29, 1.82) is 5.26 Å². The maximum absolute atomic E-state index is 8.92. The van der Waals surface area contributed by atoms with Crippen LogP contribution in [0.25, 0.3) is 11.1 Å². The number of nitriles is 1. The van der Waals surface area contributed by atoms with Crippen LogP contribution in [-0.4, -0.2) is 44.7 Å². The van der Waals surface area contributed by atoms with Gasteiger partial charge in [-0.25, -0.2) is 0 Å². The minimum Gasteiger partial charge on any atom is -0.496 e. The maximum atomic E-state index is 8.92. The van der Waals surface area contributed by atoms with Gasteiger partial charge in [-0.3, -0.25) is 0 Å². The van der Waals surface area contributed by atoms with E-state index in [-0.39, 0.29) is 0 Å². The molecule has 0 amide bonds. The highest BCUT2D eigenvalue weighted by Crippen LogP contribution is 2.38. The molecule has 142 valence electrons. The van der Waals surface area contributed by atoms with Crippen LogP contribution in [-0.2, 0) is 6.42 Å². The monoisotopic (exact) mass is 363 g/mol. The molecule has 1 heterocycles. The molecule has 0 saturated carbocycles. The van der Waals surface area contributed by atoms with Crippen molar-refractivity contribution >= 4 is 5.69 Å². The van der Waals surface area contributed by atoms with Gasteiger partial charge in [-0.2, -0.15) is 5.26 Å². The lowest BCUT2D eigenvalue weighted by Gasteiger charge is -2.36. The molecule has 3 rings (SSSR count). The van der Waals surface area contributed by atoms with E-state index in [2.05, 4.69) is 59.2 Å². The fourth-order valence-electron chi connectivity index (χ4n) is 3.79. The Morgan fingerprint density at radius 2 is 1.81 bits per heavy atom. The summed E-state index contributed by atoms with van der Waals surface area (Å²) in [7, 11) is 1.75. The molecule has 1 fully saturated rings. The van der Waals surface area contributed by atoms with Crippen molar-refractivity contribution in [3.05, 3.63) is 48.0 Å². The van der Waals surface area contributed by atoms with E-state index in [4.69, 9.17) is 10.00 Å². The van der Waals surface area contributed by atoms with Crippen LogP contribution in [0.4, 0.5) is 5.69 Å². The second-order valence-corrected chi connectivity index (χ2v) is 6.98. The summed E-state index contributed by atoms with van der Waals surface area (Å²) in [6.07, 6.45) is 2.29. The SMILES string of the molecule is CCN1CCN(c2cc(CCCC#N)c(OC)c(-c3ccccc3)c2)CC1. The van der Waals surface area contributed by atoms with Crippen molar-refractivity contribution < 1.29 is 4.74 Å². The predicted molar refractivity (Wildman–Crippen MR) is 111 cm³/mol. The summed E-state index contributed by atoms with van der Waals surface area (Å²) in [6, 6.07) is 17.2. The van der Waals surface area contributed by atoms with Crippen LogP contribution in [0, 0.1) is 11.3 Å². The van der Waals surface area contributed by atoms with Gasteiger partial charge in [-0.1, -0.05) is 37.3 Å².